The summed E-state index contributed by atoms with van der Waals surface area (Å²) in [5.74, 6) is -3.09. The van der Waals surface area contributed by atoms with Gasteiger partial charge in [-0.2, -0.15) is 0 Å². The van der Waals surface area contributed by atoms with Crippen LogP contribution >= 0.6 is 0 Å². The molecule has 0 N–H and O–H groups in total. The fraction of sp³-hybridized carbons (Fsp3) is 0.0625. The number of carbonyl (C=O) groups is 3. The maximum absolute atomic E-state index is 12.1. The van der Waals surface area contributed by atoms with E-state index in [0.717, 1.165) is 0 Å². The zero-order chi connectivity index (χ0) is 16.1. The van der Waals surface area contributed by atoms with Gasteiger partial charge in [0.15, 0.2) is 0 Å². The normalized spacial score (nSPS) is 9.86. The van der Waals surface area contributed by atoms with Gasteiger partial charge in [0.2, 0.25) is 0 Å². The average Bonchev–Trinajstić information content (AvgIpc) is 2.54. The number of carboxylic acid groups (broad SMARTS) is 1. The predicted octanol–water partition coefficient (Wildman–Crippen LogP) is 1.06. The van der Waals surface area contributed by atoms with Gasteiger partial charge in [-0.25, -0.2) is 9.59 Å². The number of rotatable bonds is 4. The first-order valence-electron chi connectivity index (χ1n) is 6.24. The molecule has 0 fully saturated rings. The summed E-state index contributed by atoms with van der Waals surface area (Å²) in [6.07, 6.45) is 0. The number of ether oxygens (including phenoxy) is 2. The predicted molar refractivity (Wildman–Crippen MR) is 73.5 cm³/mol. The van der Waals surface area contributed by atoms with Crippen LogP contribution in [0.1, 0.15) is 31.1 Å². The highest BCUT2D eigenvalue weighted by atomic mass is 16.5. The number of para-hydroxylation sites is 1. The number of methoxy groups -OCH3 is 1. The number of hydrogen-bond donors (Lipinski definition) is 0. The van der Waals surface area contributed by atoms with Crippen molar-refractivity contribution in [2.24, 2.45) is 0 Å². The van der Waals surface area contributed by atoms with Gasteiger partial charge in [0.05, 0.1) is 18.6 Å². The smallest absolute Gasteiger partial charge is 0.344 e. The summed E-state index contributed by atoms with van der Waals surface area (Å²) in [4.78, 5) is 34.8. The molecule has 0 saturated carbocycles. The third-order valence-corrected chi connectivity index (χ3v) is 2.86. The number of esters is 2. The lowest BCUT2D eigenvalue weighted by Gasteiger charge is -2.11. The van der Waals surface area contributed by atoms with E-state index in [2.05, 4.69) is 4.74 Å². The molecule has 0 atom stereocenters. The van der Waals surface area contributed by atoms with Crippen LogP contribution < -0.4 is 9.84 Å². The second kappa shape index (κ2) is 6.53. The molecule has 0 aromatic heterocycles. The van der Waals surface area contributed by atoms with Crippen molar-refractivity contribution in [1.82, 2.24) is 0 Å². The Morgan fingerprint density at radius 3 is 1.95 bits per heavy atom. The van der Waals surface area contributed by atoms with Gasteiger partial charge in [0.25, 0.3) is 0 Å². The van der Waals surface area contributed by atoms with Crippen LogP contribution in [-0.2, 0) is 4.74 Å². The highest BCUT2D eigenvalue weighted by Crippen LogP contribution is 2.21. The summed E-state index contributed by atoms with van der Waals surface area (Å²) in [6.45, 7) is 0. The Labute approximate surface area is 125 Å². The Hall–Kier alpha value is -3.15. The highest BCUT2D eigenvalue weighted by Gasteiger charge is 2.18. The topological polar surface area (TPSA) is 92.7 Å². The number of carbonyl (C=O) groups excluding carboxylic acids is 3. The van der Waals surface area contributed by atoms with Crippen molar-refractivity contribution in [2.45, 2.75) is 0 Å². The van der Waals surface area contributed by atoms with E-state index in [9.17, 15) is 19.5 Å². The van der Waals surface area contributed by atoms with Gasteiger partial charge >= 0.3 is 11.9 Å². The molecule has 0 bridgehead atoms. The van der Waals surface area contributed by atoms with Crippen molar-refractivity contribution in [3.63, 3.8) is 0 Å². The van der Waals surface area contributed by atoms with Gasteiger partial charge in [-0.15, -0.1) is 0 Å². The van der Waals surface area contributed by atoms with Crippen LogP contribution in [0.2, 0.25) is 0 Å². The van der Waals surface area contributed by atoms with Crippen molar-refractivity contribution < 1.29 is 29.0 Å². The standard InChI is InChI=1S/C16H12O6/c1-21-15(19)12-8-4-5-9-13(12)22-16(20)11-7-3-2-6-10(11)14(17)18/h2-9H,1H3,(H,17,18)/p-1. The summed E-state index contributed by atoms with van der Waals surface area (Å²) in [5, 5.41) is 11.0. The van der Waals surface area contributed by atoms with Crippen LogP contribution in [0.5, 0.6) is 5.75 Å². The van der Waals surface area contributed by atoms with Crippen molar-refractivity contribution >= 4 is 17.9 Å². The molecule has 6 heteroatoms. The van der Waals surface area contributed by atoms with E-state index in [1.165, 1.54) is 43.5 Å². The fourth-order valence-corrected chi connectivity index (χ4v) is 1.83. The molecule has 22 heavy (non-hydrogen) atoms. The second-order valence-electron chi connectivity index (χ2n) is 4.21. The van der Waals surface area contributed by atoms with Crippen LogP contribution in [0.4, 0.5) is 0 Å². The fourth-order valence-electron chi connectivity index (χ4n) is 1.83. The molecule has 2 aromatic carbocycles. The Morgan fingerprint density at radius 2 is 1.36 bits per heavy atom. The van der Waals surface area contributed by atoms with Crippen LogP contribution in [0.15, 0.2) is 48.5 Å². The van der Waals surface area contributed by atoms with Crippen LogP contribution in [0, 0.1) is 0 Å². The lowest BCUT2D eigenvalue weighted by atomic mass is 10.1. The van der Waals surface area contributed by atoms with E-state index in [4.69, 9.17) is 4.74 Å². The molecule has 2 rings (SSSR count). The summed E-state index contributed by atoms with van der Waals surface area (Å²) >= 11 is 0. The third-order valence-electron chi connectivity index (χ3n) is 2.86. The van der Waals surface area contributed by atoms with Crippen molar-refractivity contribution in [3.05, 3.63) is 65.2 Å². The SMILES string of the molecule is COC(=O)c1ccccc1OC(=O)c1ccccc1C(=O)[O-]. The molecule has 0 heterocycles. The van der Waals surface area contributed by atoms with Crippen molar-refractivity contribution in [1.29, 1.82) is 0 Å². The van der Waals surface area contributed by atoms with Gasteiger partial charge in [0, 0.05) is 5.56 Å². The number of carboxylic acids is 1. The molecule has 112 valence electrons. The van der Waals surface area contributed by atoms with Crippen LogP contribution in [0.25, 0.3) is 0 Å². The van der Waals surface area contributed by atoms with Gasteiger partial charge in [-0.3, -0.25) is 0 Å². The Bertz CT molecular complexity index is 735. The zero-order valence-corrected chi connectivity index (χ0v) is 11.6. The highest BCUT2D eigenvalue weighted by molar-refractivity contribution is 6.03. The molecule has 0 radical (unpaired) electrons. The van der Waals surface area contributed by atoms with Crippen molar-refractivity contribution in [3.8, 4) is 5.75 Å². The summed E-state index contributed by atoms with van der Waals surface area (Å²) < 4.78 is 9.71. The molecule has 0 aliphatic carbocycles. The number of aromatic carboxylic acids is 1. The maximum Gasteiger partial charge on any atom is 0.344 e. The van der Waals surface area contributed by atoms with Crippen molar-refractivity contribution in [2.75, 3.05) is 7.11 Å². The Morgan fingerprint density at radius 1 is 0.818 bits per heavy atom. The molecule has 6 nitrogen and oxygen atoms in total. The second-order valence-corrected chi connectivity index (χ2v) is 4.21. The number of benzene rings is 2. The first-order chi connectivity index (χ1) is 10.5. The molecular formula is C16H11O6-. The van der Waals surface area contributed by atoms with E-state index >= 15 is 0 Å². The lowest BCUT2D eigenvalue weighted by Crippen LogP contribution is -2.26. The minimum atomic E-state index is -1.49. The first kappa shape index (κ1) is 15.2. The molecule has 0 aliphatic heterocycles. The summed E-state index contributed by atoms with van der Waals surface area (Å²) in [6, 6.07) is 11.5. The molecule has 0 aliphatic rings. The quantitative estimate of drug-likeness (QED) is 0.619. The lowest BCUT2D eigenvalue weighted by molar-refractivity contribution is -0.255. The Kier molecular flexibility index (Phi) is 4.53. The molecule has 2 aromatic rings. The molecule has 0 unspecified atom stereocenters. The minimum Gasteiger partial charge on any atom is -0.545 e. The molecule has 0 amide bonds. The number of hydrogen-bond acceptors (Lipinski definition) is 6. The summed E-state index contributed by atoms with van der Waals surface area (Å²) in [5.41, 5.74) is -0.394. The van der Waals surface area contributed by atoms with E-state index in [1.807, 2.05) is 0 Å². The minimum absolute atomic E-state index is 0.0208. The largest absolute Gasteiger partial charge is 0.545 e. The first-order valence-corrected chi connectivity index (χ1v) is 6.24. The van der Waals surface area contributed by atoms with Gasteiger partial charge in [0.1, 0.15) is 11.3 Å². The van der Waals surface area contributed by atoms with Crippen LogP contribution in [-0.4, -0.2) is 25.0 Å². The third kappa shape index (κ3) is 3.12. The van der Waals surface area contributed by atoms with Crippen LogP contribution in [0.3, 0.4) is 0 Å². The van der Waals surface area contributed by atoms with E-state index in [-0.39, 0.29) is 22.4 Å². The Balaban J connectivity index is 2.35. The monoisotopic (exact) mass is 299 g/mol. The van der Waals surface area contributed by atoms with Gasteiger partial charge < -0.3 is 19.4 Å². The average molecular weight is 299 g/mol. The molecular weight excluding hydrogens is 288 g/mol. The van der Waals surface area contributed by atoms with E-state index in [1.54, 1.807) is 12.1 Å². The molecule has 0 spiro atoms. The van der Waals surface area contributed by atoms with E-state index in [0.29, 0.717) is 0 Å². The van der Waals surface area contributed by atoms with Gasteiger partial charge in [-0.05, 0) is 18.2 Å². The van der Waals surface area contributed by atoms with Gasteiger partial charge in [-0.1, -0.05) is 30.3 Å². The van der Waals surface area contributed by atoms with E-state index < -0.39 is 17.9 Å². The summed E-state index contributed by atoms with van der Waals surface area (Å²) in [7, 11) is 1.20. The zero-order valence-electron chi connectivity index (χ0n) is 11.6. The molecule has 0 saturated heterocycles. The maximum atomic E-state index is 12.1.